The number of thioether (sulfide) groups is 1. The van der Waals surface area contributed by atoms with Gasteiger partial charge in [-0.1, -0.05) is 11.8 Å². The van der Waals surface area contributed by atoms with E-state index in [1.165, 1.54) is 16.7 Å². The predicted octanol–water partition coefficient (Wildman–Crippen LogP) is -0.446. The Morgan fingerprint density at radius 3 is 2.93 bits per heavy atom. The number of β-lactam (4-membered cyclic amide) rings is 1. The van der Waals surface area contributed by atoms with Gasteiger partial charge in [0.25, 0.3) is 0 Å². The molecular weight excluding hydrogens is 222 g/mol. The monoisotopic (exact) mass is 231 g/mol. The summed E-state index contributed by atoms with van der Waals surface area (Å²) in [7, 11) is 0. The average molecular weight is 231 g/mol. The molecule has 0 bridgehead atoms. The quantitative estimate of drug-likeness (QED) is 0.637. The molecule has 2 heterocycles. The number of hydrogen-bond acceptors (Lipinski definition) is 5. The number of amides is 1. The van der Waals surface area contributed by atoms with E-state index in [2.05, 4.69) is 0 Å². The molecule has 0 aromatic rings. The Kier molecular flexibility index (Phi) is 2.57. The van der Waals surface area contributed by atoms with Crippen LogP contribution in [0.5, 0.6) is 0 Å². The van der Waals surface area contributed by atoms with E-state index in [4.69, 9.17) is 14.9 Å². The first-order chi connectivity index (χ1) is 7.15. The van der Waals surface area contributed by atoms with Gasteiger partial charge in [-0.2, -0.15) is 0 Å². The normalized spacial score (nSPS) is 23.9. The molecule has 1 fully saturated rings. The van der Waals surface area contributed by atoms with Crippen LogP contribution in [0.2, 0.25) is 0 Å². The minimum absolute atomic E-state index is 0.0356. The molecule has 15 heavy (non-hydrogen) atoms. The molecule has 1 amide bonds. The molecule has 6 nitrogen and oxygen atoms in total. The summed E-state index contributed by atoms with van der Waals surface area (Å²) in [4.78, 5) is 23.3. The SMILES string of the molecule is O=C(O)C1=C(OCCO)S[C@@H]2CC(=O)N12. The highest BCUT2D eigenvalue weighted by molar-refractivity contribution is 8.03. The Morgan fingerprint density at radius 2 is 2.40 bits per heavy atom. The van der Waals surface area contributed by atoms with Crippen molar-refractivity contribution in [3.05, 3.63) is 10.8 Å². The Morgan fingerprint density at radius 1 is 1.67 bits per heavy atom. The van der Waals surface area contributed by atoms with Gasteiger partial charge < -0.3 is 14.9 Å². The summed E-state index contributed by atoms with van der Waals surface area (Å²) in [6.45, 7) is -0.149. The smallest absolute Gasteiger partial charge is 0.357 e. The Hall–Kier alpha value is -1.21. The van der Waals surface area contributed by atoms with Gasteiger partial charge in [0.15, 0.2) is 10.8 Å². The summed E-state index contributed by atoms with van der Waals surface area (Å²) >= 11 is 1.21. The molecule has 7 heteroatoms. The van der Waals surface area contributed by atoms with Gasteiger partial charge in [-0.3, -0.25) is 9.69 Å². The second-order valence-electron chi connectivity index (χ2n) is 3.05. The number of carboxylic acids is 1. The zero-order valence-corrected chi connectivity index (χ0v) is 8.49. The number of aliphatic hydroxyl groups is 1. The summed E-state index contributed by atoms with van der Waals surface area (Å²) in [5.41, 5.74) is -0.102. The first kappa shape index (κ1) is 10.3. The lowest BCUT2D eigenvalue weighted by Gasteiger charge is -2.33. The van der Waals surface area contributed by atoms with Crippen molar-refractivity contribution >= 4 is 23.6 Å². The number of aliphatic carboxylic acids is 1. The zero-order chi connectivity index (χ0) is 11.0. The van der Waals surface area contributed by atoms with Crippen LogP contribution in [0.3, 0.4) is 0 Å². The van der Waals surface area contributed by atoms with E-state index >= 15 is 0 Å². The minimum Gasteiger partial charge on any atom is -0.482 e. The van der Waals surface area contributed by atoms with Gasteiger partial charge >= 0.3 is 5.97 Å². The molecule has 2 rings (SSSR count). The van der Waals surface area contributed by atoms with Crippen LogP contribution in [0.25, 0.3) is 0 Å². The van der Waals surface area contributed by atoms with E-state index in [0.717, 1.165) is 0 Å². The molecule has 0 aromatic carbocycles. The molecular formula is C8H9NO5S. The molecule has 0 unspecified atom stereocenters. The van der Waals surface area contributed by atoms with Gasteiger partial charge in [-0.15, -0.1) is 0 Å². The van der Waals surface area contributed by atoms with Crippen LogP contribution in [-0.4, -0.2) is 45.6 Å². The Balaban J connectivity index is 2.19. The number of hydrogen-bond donors (Lipinski definition) is 2. The van der Waals surface area contributed by atoms with E-state index in [-0.39, 0.29) is 35.3 Å². The van der Waals surface area contributed by atoms with Crippen molar-refractivity contribution in [3.63, 3.8) is 0 Å². The number of rotatable bonds is 4. The van der Waals surface area contributed by atoms with Crippen molar-refractivity contribution in [2.75, 3.05) is 13.2 Å². The maximum Gasteiger partial charge on any atom is 0.357 e. The lowest BCUT2D eigenvalue weighted by atomic mass is 10.2. The highest BCUT2D eigenvalue weighted by Crippen LogP contribution is 2.46. The highest BCUT2D eigenvalue weighted by atomic mass is 32.2. The van der Waals surface area contributed by atoms with E-state index in [1.807, 2.05) is 0 Å². The largest absolute Gasteiger partial charge is 0.482 e. The van der Waals surface area contributed by atoms with Crippen LogP contribution >= 0.6 is 11.8 Å². The molecule has 2 N–H and O–H groups in total. The molecule has 82 valence electrons. The third kappa shape index (κ3) is 1.57. The van der Waals surface area contributed by atoms with E-state index in [1.54, 1.807) is 0 Å². The highest BCUT2D eigenvalue weighted by Gasteiger charge is 2.49. The van der Waals surface area contributed by atoms with Crippen LogP contribution in [0.15, 0.2) is 10.8 Å². The van der Waals surface area contributed by atoms with Gasteiger partial charge in [0.2, 0.25) is 5.91 Å². The molecule has 1 atom stereocenters. The van der Waals surface area contributed by atoms with E-state index in [9.17, 15) is 9.59 Å². The topological polar surface area (TPSA) is 87.1 Å². The zero-order valence-electron chi connectivity index (χ0n) is 7.67. The Bertz CT molecular complexity index is 353. The second-order valence-corrected chi connectivity index (χ2v) is 4.20. The Labute approximate surface area is 89.5 Å². The third-order valence-corrected chi connectivity index (χ3v) is 3.29. The number of nitrogens with zero attached hydrogens (tertiary/aromatic N) is 1. The van der Waals surface area contributed by atoms with Crippen LogP contribution in [0.4, 0.5) is 0 Å². The maximum atomic E-state index is 11.2. The van der Waals surface area contributed by atoms with Crippen molar-refractivity contribution in [2.24, 2.45) is 0 Å². The summed E-state index contributed by atoms with van der Waals surface area (Å²) in [6, 6.07) is 0. The van der Waals surface area contributed by atoms with Crippen molar-refractivity contribution < 1.29 is 24.5 Å². The summed E-state index contributed by atoms with van der Waals surface area (Å²) < 4.78 is 5.07. The van der Waals surface area contributed by atoms with Crippen LogP contribution in [0.1, 0.15) is 6.42 Å². The molecule has 0 spiro atoms. The van der Waals surface area contributed by atoms with Gasteiger partial charge in [0.05, 0.1) is 18.4 Å². The number of carboxylic acid groups (broad SMARTS) is 1. The number of carbonyl (C=O) groups is 2. The third-order valence-electron chi connectivity index (χ3n) is 2.11. The maximum absolute atomic E-state index is 11.2. The second kappa shape index (κ2) is 3.74. The predicted molar refractivity (Wildman–Crippen MR) is 50.5 cm³/mol. The van der Waals surface area contributed by atoms with Gasteiger partial charge in [0.1, 0.15) is 6.61 Å². The fourth-order valence-corrected chi connectivity index (χ4v) is 2.71. The number of carbonyl (C=O) groups excluding carboxylic acids is 1. The van der Waals surface area contributed by atoms with Crippen molar-refractivity contribution in [2.45, 2.75) is 11.8 Å². The molecule has 0 radical (unpaired) electrons. The molecule has 0 aromatic heterocycles. The lowest BCUT2D eigenvalue weighted by Crippen LogP contribution is -2.48. The standard InChI is InChI=1S/C8H9NO5S/c10-1-2-14-8-6(7(12)13)9-4(11)3-5(9)15-8/h5,10H,1-3H2,(H,12,13)/t5-/m1/s1. The van der Waals surface area contributed by atoms with Crippen LogP contribution in [-0.2, 0) is 14.3 Å². The molecule has 2 aliphatic rings. The van der Waals surface area contributed by atoms with Gasteiger partial charge in [-0.25, -0.2) is 4.79 Å². The number of fused-ring (bicyclic) bond motifs is 1. The fourth-order valence-electron chi connectivity index (χ4n) is 1.46. The van der Waals surface area contributed by atoms with Crippen molar-refractivity contribution in [1.82, 2.24) is 4.90 Å². The lowest BCUT2D eigenvalue weighted by molar-refractivity contribution is -0.145. The van der Waals surface area contributed by atoms with E-state index < -0.39 is 5.97 Å². The number of ether oxygens (including phenoxy) is 1. The van der Waals surface area contributed by atoms with Gasteiger partial charge in [0, 0.05) is 0 Å². The van der Waals surface area contributed by atoms with Crippen molar-refractivity contribution in [1.29, 1.82) is 0 Å². The molecule has 2 aliphatic heterocycles. The summed E-state index contributed by atoms with van der Waals surface area (Å²) in [5.74, 6) is -1.38. The molecule has 1 saturated heterocycles. The van der Waals surface area contributed by atoms with E-state index in [0.29, 0.717) is 6.42 Å². The first-order valence-corrected chi connectivity index (χ1v) is 5.23. The summed E-state index contributed by atoms with van der Waals surface area (Å²) in [5, 5.41) is 17.6. The summed E-state index contributed by atoms with van der Waals surface area (Å²) in [6.07, 6.45) is 0.341. The number of aliphatic hydroxyl groups excluding tert-OH is 1. The molecule has 0 aliphatic carbocycles. The van der Waals surface area contributed by atoms with Gasteiger partial charge in [-0.05, 0) is 0 Å². The van der Waals surface area contributed by atoms with Crippen LogP contribution < -0.4 is 0 Å². The fraction of sp³-hybridized carbons (Fsp3) is 0.500. The first-order valence-electron chi connectivity index (χ1n) is 4.35. The minimum atomic E-state index is -1.18. The van der Waals surface area contributed by atoms with Crippen molar-refractivity contribution in [3.8, 4) is 0 Å². The molecule has 0 saturated carbocycles. The van der Waals surface area contributed by atoms with Crippen LogP contribution in [0, 0.1) is 0 Å². The average Bonchev–Trinajstić information content (AvgIpc) is 2.47.